The lowest BCUT2D eigenvalue weighted by Crippen LogP contribution is -2.54. The number of hydrogen-bond donors (Lipinski definition) is 2. The number of nitrogens with zero attached hydrogens (tertiary/aromatic N) is 1. The summed E-state index contributed by atoms with van der Waals surface area (Å²) in [7, 11) is -1.37. The van der Waals surface area contributed by atoms with Gasteiger partial charge in [0.25, 0.3) is 11.8 Å². The molecule has 0 bridgehead atoms. The molecule has 8 rings (SSSR count). The molecule has 6 aromatic rings. The number of benzene rings is 6. The molecule has 2 unspecified atom stereocenters. The van der Waals surface area contributed by atoms with Gasteiger partial charge in [-0.05, 0) is 128 Å². The Labute approximate surface area is 403 Å². The Bertz CT molecular complexity index is 3020. The van der Waals surface area contributed by atoms with Crippen molar-refractivity contribution < 1.29 is 41.8 Å². The number of rotatable bonds is 20. The third kappa shape index (κ3) is 12.1. The molecule has 6 aromatic carbocycles. The van der Waals surface area contributed by atoms with Gasteiger partial charge in [0.1, 0.15) is 35.6 Å². The van der Waals surface area contributed by atoms with Gasteiger partial charge < -0.3 is 19.5 Å². The van der Waals surface area contributed by atoms with Crippen molar-refractivity contribution in [2.75, 3.05) is 19.9 Å². The Kier molecular flexibility index (Phi) is 15.5. The van der Waals surface area contributed by atoms with Gasteiger partial charge in [0, 0.05) is 41.7 Å². The molecule has 0 radical (unpaired) electrons. The normalized spacial score (nSPS) is 15.0. The first-order valence-electron chi connectivity index (χ1n) is 23.4. The highest BCUT2D eigenvalue weighted by Gasteiger charge is 2.44. The topological polar surface area (TPSA) is 157 Å². The number of piperidine rings is 1. The number of unbranched alkanes of at least 4 members (excludes halogenated alkanes) is 5. The van der Waals surface area contributed by atoms with Crippen molar-refractivity contribution >= 4 is 44.2 Å². The molecule has 69 heavy (non-hydrogen) atoms. The van der Waals surface area contributed by atoms with Crippen LogP contribution in [0.1, 0.15) is 96.1 Å². The minimum Gasteiger partial charge on any atom is -0.494 e. The number of fused-ring (bicyclic) bond motifs is 2. The van der Waals surface area contributed by atoms with Crippen LogP contribution in [0.4, 0.5) is 0 Å². The highest BCUT2D eigenvalue weighted by molar-refractivity contribution is 7.90. The zero-order valence-corrected chi connectivity index (χ0v) is 39.6. The van der Waals surface area contributed by atoms with Crippen LogP contribution in [0.2, 0.25) is 0 Å². The predicted molar refractivity (Wildman–Crippen MR) is 265 cm³/mol. The molecule has 2 atom stereocenters. The minimum absolute atomic E-state index is 0.0766. The van der Waals surface area contributed by atoms with Crippen LogP contribution in [-0.2, 0) is 26.0 Å². The molecule has 2 heterocycles. The van der Waals surface area contributed by atoms with Crippen LogP contribution < -0.4 is 24.8 Å². The molecule has 354 valence electrons. The maximum Gasteiger partial charge on any atom is 0.262 e. The second-order valence-electron chi connectivity index (χ2n) is 17.4. The van der Waals surface area contributed by atoms with E-state index in [0.29, 0.717) is 36.3 Å². The van der Waals surface area contributed by atoms with E-state index >= 15 is 0 Å². The molecule has 2 N–H and O–H groups in total. The van der Waals surface area contributed by atoms with E-state index in [1.54, 1.807) is 42.5 Å². The summed E-state index contributed by atoms with van der Waals surface area (Å²) >= 11 is 0. The first kappa shape index (κ1) is 48.2. The lowest BCUT2D eigenvalue weighted by Gasteiger charge is -2.27. The molecule has 4 amide bonds. The fraction of sp³-hybridized carbons (Fsp3) is 0.286. The molecule has 1 saturated heterocycles. The molecule has 0 spiro atoms. The summed E-state index contributed by atoms with van der Waals surface area (Å²) in [4.78, 5) is 51.2. The smallest absolute Gasteiger partial charge is 0.262 e. The number of carbonyl (C=O) groups excluding carboxylic acids is 4. The number of hydrogen-bond acceptors (Lipinski definition) is 10. The lowest BCUT2D eigenvalue weighted by atomic mass is 9.99. The van der Waals surface area contributed by atoms with E-state index in [4.69, 9.17) is 14.2 Å². The lowest BCUT2D eigenvalue weighted by molar-refractivity contribution is -0.136. The zero-order valence-electron chi connectivity index (χ0n) is 38.8. The second-order valence-corrected chi connectivity index (χ2v) is 19.4. The van der Waals surface area contributed by atoms with Gasteiger partial charge in [0.05, 0.1) is 22.6 Å². The van der Waals surface area contributed by atoms with Crippen molar-refractivity contribution in [3.05, 3.63) is 150 Å². The highest BCUT2D eigenvalue weighted by atomic mass is 32.2. The van der Waals surface area contributed by atoms with Crippen molar-refractivity contribution in [3.63, 3.8) is 0 Å². The standard InChI is InChI=1S/C56H55N3O9S/c1-57-42(16-12-7-5-3-4-6-9-13-38-17-28-49-50(35-38)56(63)59(55(49)62)51-31-32-52(60)58-54(51)61)33-34-66-43-21-23-44(24-22-43)68-53-47(40-18-26-46(27-19-40)69(2,64)65)29-20-41-36-45(25-30-48(41)53)67-37-39-14-10-8-11-15-39/h8,10-11,14-15,17-30,35-36,42,51,57H,3-7,12,16,31-34,37H2,1-2H3,(H,58,60,61). The Morgan fingerprint density at radius 2 is 1.43 bits per heavy atom. The third-order valence-corrected chi connectivity index (χ3v) is 13.6. The van der Waals surface area contributed by atoms with E-state index in [1.807, 2.05) is 92.0 Å². The van der Waals surface area contributed by atoms with Crippen LogP contribution >= 0.6 is 0 Å². The molecule has 0 aliphatic carbocycles. The van der Waals surface area contributed by atoms with Gasteiger partial charge in [-0.3, -0.25) is 29.4 Å². The summed E-state index contributed by atoms with van der Waals surface area (Å²) in [5.74, 6) is 6.96. The highest BCUT2D eigenvalue weighted by Crippen LogP contribution is 2.41. The molecule has 13 heteroatoms. The Morgan fingerprint density at radius 3 is 2.19 bits per heavy atom. The molecular formula is C56H55N3O9S. The average molecular weight is 946 g/mol. The van der Waals surface area contributed by atoms with Crippen molar-refractivity contribution in [2.45, 2.75) is 87.8 Å². The molecule has 2 aliphatic rings. The predicted octanol–water partition coefficient (Wildman–Crippen LogP) is 9.82. The number of nitrogens with one attached hydrogen (secondary N) is 2. The largest absolute Gasteiger partial charge is 0.494 e. The van der Waals surface area contributed by atoms with Gasteiger partial charge in [-0.1, -0.05) is 86.1 Å². The number of carbonyl (C=O) groups is 4. The SMILES string of the molecule is CNC(CCCCCCCC#Cc1ccc2c(c1)C(=O)N(C1CCC(=O)NC1=O)C2=O)CCOc1ccc(Oc2c(-c3ccc(S(C)(=O)=O)cc3)ccc3cc(OCc4ccccc4)ccc23)cc1. The third-order valence-electron chi connectivity index (χ3n) is 12.5. The Morgan fingerprint density at radius 1 is 0.725 bits per heavy atom. The van der Waals surface area contributed by atoms with Gasteiger partial charge in [-0.2, -0.15) is 0 Å². The van der Waals surface area contributed by atoms with E-state index in [1.165, 1.54) is 6.26 Å². The van der Waals surface area contributed by atoms with E-state index < -0.39 is 39.5 Å². The molecule has 12 nitrogen and oxygen atoms in total. The Hall–Kier alpha value is -7.27. The molecular weight excluding hydrogens is 891 g/mol. The Balaban J connectivity index is 0.782. The first-order valence-corrected chi connectivity index (χ1v) is 25.3. The van der Waals surface area contributed by atoms with Crippen molar-refractivity contribution in [2.24, 2.45) is 0 Å². The summed E-state index contributed by atoms with van der Waals surface area (Å²) in [5.41, 5.74) is 3.84. The average Bonchev–Trinajstić information content (AvgIpc) is 3.60. The van der Waals surface area contributed by atoms with Crippen molar-refractivity contribution in [3.8, 4) is 46.0 Å². The zero-order chi connectivity index (χ0) is 48.3. The van der Waals surface area contributed by atoms with Gasteiger partial charge in [0.2, 0.25) is 11.8 Å². The van der Waals surface area contributed by atoms with Crippen molar-refractivity contribution in [1.29, 1.82) is 0 Å². The molecule has 1 fully saturated rings. The van der Waals surface area contributed by atoms with Crippen LogP contribution in [0.3, 0.4) is 0 Å². The van der Waals surface area contributed by atoms with Crippen LogP contribution in [0.15, 0.2) is 132 Å². The van der Waals surface area contributed by atoms with Crippen LogP contribution in [0.5, 0.6) is 23.0 Å². The minimum atomic E-state index is -3.35. The quantitative estimate of drug-likeness (QED) is 0.0429. The molecule has 0 aromatic heterocycles. The summed E-state index contributed by atoms with van der Waals surface area (Å²) in [5, 5.41) is 7.47. The van der Waals surface area contributed by atoms with Crippen LogP contribution in [0.25, 0.3) is 21.9 Å². The number of ether oxygens (including phenoxy) is 3. The van der Waals surface area contributed by atoms with Gasteiger partial charge >= 0.3 is 0 Å². The molecule has 2 aliphatic heterocycles. The fourth-order valence-corrected chi connectivity index (χ4v) is 9.28. The van der Waals surface area contributed by atoms with Gasteiger partial charge in [0.15, 0.2) is 9.84 Å². The maximum atomic E-state index is 13.1. The van der Waals surface area contributed by atoms with E-state index in [9.17, 15) is 27.6 Å². The van der Waals surface area contributed by atoms with Crippen LogP contribution in [0, 0.1) is 11.8 Å². The second kappa shape index (κ2) is 22.2. The first-order chi connectivity index (χ1) is 33.4. The fourth-order valence-electron chi connectivity index (χ4n) is 8.65. The maximum absolute atomic E-state index is 13.1. The van der Waals surface area contributed by atoms with E-state index in [2.05, 4.69) is 22.5 Å². The van der Waals surface area contributed by atoms with Crippen molar-refractivity contribution in [1.82, 2.24) is 15.5 Å². The summed E-state index contributed by atoms with van der Waals surface area (Å²) < 4.78 is 43.3. The summed E-state index contributed by atoms with van der Waals surface area (Å²) in [6.45, 7) is 1.01. The molecule has 0 saturated carbocycles. The van der Waals surface area contributed by atoms with Gasteiger partial charge in [-0.25, -0.2) is 8.42 Å². The number of sulfone groups is 1. The number of imide groups is 2. The number of amides is 4. The summed E-state index contributed by atoms with van der Waals surface area (Å²) in [6.07, 6.45) is 9.35. The van der Waals surface area contributed by atoms with Gasteiger partial charge in [-0.15, -0.1) is 0 Å². The van der Waals surface area contributed by atoms with E-state index in [-0.39, 0.29) is 28.9 Å². The summed E-state index contributed by atoms with van der Waals surface area (Å²) in [6, 6.07) is 38.6. The van der Waals surface area contributed by atoms with Crippen LogP contribution in [-0.4, -0.2) is 68.9 Å². The monoisotopic (exact) mass is 945 g/mol. The van der Waals surface area contributed by atoms with E-state index in [0.717, 1.165) is 95.2 Å².